The molecule has 110 valence electrons. The zero-order chi connectivity index (χ0) is 14.7. The predicted octanol–water partition coefficient (Wildman–Crippen LogP) is 4.43. The second kappa shape index (κ2) is 6.25. The van der Waals surface area contributed by atoms with E-state index in [1.807, 2.05) is 29.1 Å². The molecule has 21 heavy (non-hydrogen) atoms. The molecule has 3 heteroatoms. The van der Waals surface area contributed by atoms with Crippen LogP contribution < -0.4 is 0 Å². The Labute approximate surface area is 126 Å². The summed E-state index contributed by atoms with van der Waals surface area (Å²) in [5.74, 6) is 0.443. The Hall–Kier alpha value is -1.90. The SMILES string of the molecule is Cc1ccccc1-n1cc(C=O)c(C2CCCCCC2)n1. The molecule has 1 aromatic carbocycles. The van der Waals surface area contributed by atoms with Crippen LogP contribution in [0.4, 0.5) is 0 Å². The van der Waals surface area contributed by atoms with Crippen molar-refractivity contribution in [3.8, 4) is 5.69 Å². The highest BCUT2D eigenvalue weighted by Crippen LogP contribution is 2.32. The number of nitrogens with zero attached hydrogens (tertiary/aromatic N) is 2. The van der Waals surface area contributed by atoms with Gasteiger partial charge in [-0.05, 0) is 31.4 Å². The van der Waals surface area contributed by atoms with Crippen LogP contribution >= 0.6 is 0 Å². The van der Waals surface area contributed by atoms with E-state index in [0.717, 1.165) is 36.1 Å². The van der Waals surface area contributed by atoms with Crippen LogP contribution in [0, 0.1) is 6.92 Å². The van der Waals surface area contributed by atoms with Gasteiger partial charge in [-0.2, -0.15) is 5.10 Å². The van der Waals surface area contributed by atoms with Crippen molar-refractivity contribution >= 4 is 6.29 Å². The van der Waals surface area contributed by atoms with E-state index in [1.165, 1.54) is 31.2 Å². The largest absolute Gasteiger partial charge is 0.298 e. The monoisotopic (exact) mass is 282 g/mol. The van der Waals surface area contributed by atoms with E-state index in [2.05, 4.69) is 13.0 Å². The summed E-state index contributed by atoms with van der Waals surface area (Å²) >= 11 is 0. The number of hydrogen-bond donors (Lipinski definition) is 0. The molecular weight excluding hydrogens is 260 g/mol. The van der Waals surface area contributed by atoms with Crippen LogP contribution in [0.15, 0.2) is 30.5 Å². The molecule has 3 nitrogen and oxygen atoms in total. The van der Waals surface area contributed by atoms with Crippen molar-refractivity contribution in [3.63, 3.8) is 0 Å². The van der Waals surface area contributed by atoms with Crippen molar-refractivity contribution in [1.82, 2.24) is 9.78 Å². The van der Waals surface area contributed by atoms with Gasteiger partial charge in [0, 0.05) is 12.1 Å². The predicted molar refractivity (Wildman–Crippen MR) is 84.1 cm³/mol. The Balaban J connectivity index is 1.98. The molecule has 0 radical (unpaired) electrons. The number of hydrogen-bond acceptors (Lipinski definition) is 2. The maximum Gasteiger partial charge on any atom is 0.153 e. The van der Waals surface area contributed by atoms with E-state index in [1.54, 1.807) is 0 Å². The molecule has 0 aliphatic heterocycles. The molecule has 0 atom stereocenters. The van der Waals surface area contributed by atoms with Gasteiger partial charge in [-0.3, -0.25) is 4.79 Å². The van der Waals surface area contributed by atoms with Gasteiger partial charge in [0.05, 0.1) is 16.9 Å². The molecule has 1 heterocycles. The first-order valence-electron chi connectivity index (χ1n) is 7.90. The van der Waals surface area contributed by atoms with Crippen LogP contribution in [0.1, 0.15) is 66.1 Å². The fraction of sp³-hybridized carbons (Fsp3) is 0.444. The third-order valence-corrected chi connectivity index (χ3v) is 4.50. The third-order valence-electron chi connectivity index (χ3n) is 4.50. The Morgan fingerprint density at radius 1 is 1.14 bits per heavy atom. The second-order valence-corrected chi connectivity index (χ2v) is 6.01. The van der Waals surface area contributed by atoms with Gasteiger partial charge in [-0.1, -0.05) is 43.9 Å². The first-order chi connectivity index (χ1) is 10.3. The number of carbonyl (C=O) groups is 1. The molecule has 0 saturated heterocycles. The molecule has 2 aromatic rings. The summed E-state index contributed by atoms with van der Waals surface area (Å²) in [5.41, 5.74) is 3.98. The van der Waals surface area contributed by atoms with E-state index in [0.29, 0.717) is 5.92 Å². The Bertz CT molecular complexity index is 622. The molecule has 0 amide bonds. The van der Waals surface area contributed by atoms with E-state index in [-0.39, 0.29) is 0 Å². The lowest BCUT2D eigenvalue weighted by molar-refractivity contribution is 0.112. The van der Waals surface area contributed by atoms with Gasteiger partial charge in [0.15, 0.2) is 6.29 Å². The van der Waals surface area contributed by atoms with Crippen molar-refractivity contribution in [1.29, 1.82) is 0 Å². The highest BCUT2D eigenvalue weighted by atomic mass is 16.1. The van der Waals surface area contributed by atoms with Crippen LogP contribution in [0.3, 0.4) is 0 Å². The van der Waals surface area contributed by atoms with E-state index >= 15 is 0 Å². The normalized spacial score (nSPS) is 16.6. The summed E-state index contributed by atoms with van der Waals surface area (Å²) in [6.07, 6.45) is 10.3. The number of carbonyl (C=O) groups excluding carboxylic acids is 1. The zero-order valence-corrected chi connectivity index (χ0v) is 12.6. The average molecular weight is 282 g/mol. The number of aromatic nitrogens is 2. The molecule has 3 rings (SSSR count). The van der Waals surface area contributed by atoms with Crippen molar-refractivity contribution < 1.29 is 4.79 Å². The molecule has 1 fully saturated rings. The molecule has 0 bridgehead atoms. The fourth-order valence-corrected chi connectivity index (χ4v) is 3.31. The van der Waals surface area contributed by atoms with Gasteiger partial charge in [0.25, 0.3) is 0 Å². The highest BCUT2D eigenvalue weighted by molar-refractivity contribution is 5.76. The molecule has 1 aliphatic carbocycles. The maximum absolute atomic E-state index is 11.4. The van der Waals surface area contributed by atoms with Crippen LogP contribution in [0.25, 0.3) is 5.69 Å². The van der Waals surface area contributed by atoms with Crippen LogP contribution in [0.2, 0.25) is 0 Å². The lowest BCUT2D eigenvalue weighted by atomic mass is 9.94. The molecule has 0 N–H and O–H groups in total. The lowest BCUT2D eigenvalue weighted by Gasteiger charge is -2.11. The first kappa shape index (κ1) is 14.1. The molecule has 1 aromatic heterocycles. The second-order valence-electron chi connectivity index (χ2n) is 6.01. The van der Waals surface area contributed by atoms with E-state index in [9.17, 15) is 4.79 Å². The highest BCUT2D eigenvalue weighted by Gasteiger charge is 2.21. The van der Waals surface area contributed by atoms with Gasteiger partial charge < -0.3 is 0 Å². The molecule has 0 spiro atoms. The van der Waals surface area contributed by atoms with Gasteiger partial charge in [0.2, 0.25) is 0 Å². The molecule has 1 saturated carbocycles. The summed E-state index contributed by atoms with van der Waals surface area (Å²) in [7, 11) is 0. The fourth-order valence-electron chi connectivity index (χ4n) is 3.31. The van der Waals surface area contributed by atoms with Crippen LogP contribution in [-0.2, 0) is 0 Å². The summed E-state index contributed by atoms with van der Waals surface area (Å²) in [4.78, 5) is 11.4. The summed E-state index contributed by atoms with van der Waals surface area (Å²) < 4.78 is 1.87. The molecular formula is C18H22N2O. The van der Waals surface area contributed by atoms with Gasteiger partial charge >= 0.3 is 0 Å². The third kappa shape index (κ3) is 2.92. The van der Waals surface area contributed by atoms with Gasteiger partial charge in [0.1, 0.15) is 0 Å². The molecule has 1 aliphatic rings. The first-order valence-corrected chi connectivity index (χ1v) is 7.90. The number of benzene rings is 1. The molecule has 0 unspecified atom stereocenters. The smallest absolute Gasteiger partial charge is 0.153 e. The van der Waals surface area contributed by atoms with Gasteiger partial charge in [-0.25, -0.2) is 4.68 Å². The van der Waals surface area contributed by atoms with E-state index < -0.39 is 0 Å². The summed E-state index contributed by atoms with van der Waals surface area (Å²) in [6, 6.07) is 8.15. The van der Waals surface area contributed by atoms with Crippen LogP contribution in [0.5, 0.6) is 0 Å². The van der Waals surface area contributed by atoms with Gasteiger partial charge in [-0.15, -0.1) is 0 Å². The lowest BCUT2D eigenvalue weighted by Crippen LogP contribution is -2.03. The summed E-state index contributed by atoms with van der Waals surface area (Å²) in [6.45, 7) is 2.07. The minimum Gasteiger partial charge on any atom is -0.298 e. The topological polar surface area (TPSA) is 34.9 Å². The quantitative estimate of drug-likeness (QED) is 0.616. The maximum atomic E-state index is 11.4. The van der Waals surface area contributed by atoms with Crippen molar-refractivity contribution in [3.05, 3.63) is 47.3 Å². The Morgan fingerprint density at radius 3 is 2.52 bits per heavy atom. The standard InChI is InChI=1S/C18H22N2O/c1-14-8-6-7-11-17(14)20-12-16(13-21)18(19-20)15-9-4-2-3-5-10-15/h6-8,11-13,15H,2-5,9-10H2,1H3. The number of aldehydes is 1. The van der Waals surface area contributed by atoms with Crippen molar-refractivity contribution in [2.45, 2.75) is 51.4 Å². The minimum absolute atomic E-state index is 0.443. The van der Waals surface area contributed by atoms with Crippen molar-refractivity contribution in [2.24, 2.45) is 0 Å². The number of para-hydroxylation sites is 1. The van der Waals surface area contributed by atoms with Crippen molar-refractivity contribution in [2.75, 3.05) is 0 Å². The zero-order valence-electron chi connectivity index (χ0n) is 12.6. The minimum atomic E-state index is 0.443. The van der Waals surface area contributed by atoms with E-state index in [4.69, 9.17) is 5.10 Å². The van der Waals surface area contributed by atoms with Crippen LogP contribution in [-0.4, -0.2) is 16.1 Å². The average Bonchev–Trinajstić information content (AvgIpc) is 2.74. The summed E-state index contributed by atoms with van der Waals surface area (Å²) in [5, 5.41) is 4.76. The Kier molecular flexibility index (Phi) is 4.18. The number of rotatable bonds is 3. The number of aryl methyl sites for hydroxylation is 1. The Morgan fingerprint density at radius 2 is 1.86 bits per heavy atom.